The largest absolute Gasteiger partial charge is 0.367 e. The Kier molecular flexibility index (Phi) is 5.49. The molecule has 0 aliphatic heterocycles. The zero-order chi connectivity index (χ0) is 13.7. The van der Waals surface area contributed by atoms with Crippen molar-refractivity contribution in [3.05, 3.63) is 17.6 Å². The van der Waals surface area contributed by atoms with Gasteiger partial charge in [-0.1, -0.05) is 20.3 Å². The fourth-order valence-electron chi connectivity index (χ4n) is 2.76. The fourth-order valence-corrected chi connectivity index (χ4v) is 3.93. The van der Waals surface area contributed by atoms with Crippen LogP contribution < -0.4 is 5.32 Å². The average Bonchev–Trinajstić information content (AvgIpc) is 2.39. The summed E-state index contributed by atoms with van der Waals surface area (Å²) < 4.78 is 0. The van der Waals surface area contributed by atoms with Crippen LogP contribution in [0.1, 0.15) is 51.0 Å². The SMILES string of the molecule is CCSC1CCCC(Nc2cc(CC)nc(C)n2)C1. The second kappa shape index (κ2) is 7.13. The predicted molar refractivity (Wildman–Crippen MR) is 83.9 cm³/mol. The maximum atomic E-state index is 4.52. The molecule has 3 nitrogen and oxygen atoms in total. The van der Waals surface area contributed by atoms with Gasteiger partial charge in [0.25, 0.3) is 0 Å². The third-order valence-corrected chi connectivity index (χ3v) is 4.87. The molecule has 1 N–H and O–H groups in total. The second-order valence-corrected chi connectivity index (χ2v) is 6.81. The highest BCUT2D eigenvalue weighted by Gasteiger charge is 2.22. The van der Waals surface area contributed by atoms with E-state index in [4.69, 9.17) is 0 Å². The van der Waals surface area contributed by atoms with Crippen molar-refractivity contribution in [2.24, 2.45) is 0 Å². The number of hydrogen-bond acceptors (Lipinski definition) is 4. The van der Waals surface area contributed by atoms with Gasteiger partial charge < -0.3 is 5.32 Å². The Labute approximate surface area is 121 Å². The molecule has 2 unspecified atom stereocenters. The number of thioether (sulfide) groups is 1. The molecule has 1 saturated carbocycles. The minimum Gasteiger partial charge on any atom is -0.367 e. The van der Waals surface area contributed by atoms with Crippen LogP contribution in [0.15, 0.2) is 6.07 Å². The van der Waals surface area contributed by atoms with Crippen LogP contribution in [0.3, 0.4) is 0 Å². The molecule has 0 amide bonds. The molecule has 1 aromatic heterocycles. The van der Waals surface area contributed by atoms with Crippen molar-refractivity contribution in [3.63, 3.8) is 0 Å². The van der Waals surface area contributed by atoms with Crippen molar-refractivity contribution in [2.75, 3.05) is 11.1 Å². The lowest BCUT2D eigenvalue weighted by Crippen LogP contribution is -2.29. The molecule has 0 radical (unpaired) electrons. The summed E-state index contributed by atoms with van der Waals surface area (Å²) in [6.45, 7) is 6.37. The topological polar surface area (TPSA) is 37.8 Å². The van der Waals surface area contributed by atoms with E-state index in [1.165, 1.54) is 31.4 Å². The van der Waals surface area contributed by atoms with Gasteiger partial charge in [0, 0.05) is 23.1 Å². The lowest BCUT2D eigenvalue weighted by Gasteiger charge is -2.29. The first-order chi connectivity index (χ1) is 9.21. The predicted octanol–water partition coefficient (Wildman–Crippen LogP) is 3.82. The summed E-state index contributed by atoms with van der Waals surface area (Å²) in [6.07, 6.45) is 6.21. The Hall–Kier alpha value is -0.770. The van der Waals surface area contributed by atoms with E-state index in [1.54, 1.807) is 0 Å². The van der Waals surface area contributed by atoms with Crippen LogP contribution in [0.4, 0.5) is 5.82 Å². The first-order valence-corrected chi connectivity index (χ1v) is 8.48. The second-order valence-electron chi connectivity index (χ2n) is 5.23. The molecular formula is C15H25N3S. The smallest absolute Gasteiger partial charge is 0.130 e. The highest BCUT2D eigenvalue weighted by atomic mass is 32.2. The van der Waals surface area contributed by atoms with Gasteiger partial charge in [-0.3, -0.25) is 0 Å². The molecule has 106 valence electrons. The zero-order valence-corrected chi connectivity index (χ0v) is 13.1. The van der Waals surface area contributed by atoms with Crippen LogP contribution in [0.5, 0.6) is 0 Å². The molecule has 1 aliphatic rings. The van der Waals surface area contributed by atoms with Crippen molar-refractivity contribution in [1.82, 2.24) is 9.97 Å². The van der Waals surface area contributed by atoms with Gasteiger partial charge in [0.2, 0.25) is 0 Å². The van der Waals surface area contributed by atoms with Gasteiger partial charge >= 0.3 is 0 Å². The molecule has 0 spiro atoms. The number of aryl methyl sites for hydroxylation is 2. The first kappa shape index (κ1) is 14.6. The van der Waals surface area contributed by atoms with E-state index >= 15 is 0 Å². The van der Waals surface area contributed by atoms with Crippen LogP contribution in [-0.2, 0) is 6.42 Å². The molecule has 2 rings (SSSR count). The Morgan fingerprint density at radius 3 is 2.89 bits per heavy atom. The van der Waals surface area contributed by atoms with Crippen LogP contribution in [0.25, 0.3) is 0 Å². The van der Waals surface area contributed by atoms with Crippen molar-refractivity contribution >= 4 is 17.6 Å². The molecule has 19 heavy (non-hydrogen) atoms. The molecule has 1 heterocycles. The maximum absolute atomic E-state index is 4.52. The maximum Gasteiger partial charge on any atom is 0.130 e. The van der Waals surface area contributed by atoms with Crippen molar-refractivity contribution in [1.29, 1.82) is 0 Å². The van der Waals surface area contributed by atoms with Crippen LogP contribution in [0.2, 0.25) is 0 Å². The normalized spacial score (nSPS) is 23.3. The van der Waals surface area contributed by atoms with Crippen molar-refractivity contribution in [3.8, 4) is 0 Å². The first-order valence-electron chi connectivity index (χ1n) is 7.44. The number of aromatic nitrogens is 2. The molecule has 1 fully saturated rings. The minimum absolute atomic E-state index is 0.580. The van der Waals surface area contributed by atoms with Gasteiger partial charge in [0.15, 0.2) is 0 Å². The molecule has 0 aromatic carbocycles. The summed E-state index contributed by atoms with van der Waals surface area (Å²) in [5, 5.41) is 4.44. The van der Waals surface area contributed by atoms with Crippen molar-refractivity contribution in [2.45, 2.75) is 64.2 Å². The van der Waals surface area contributed by atoms with Gasteiger partial charge in [-0.2, -0.15) is 11.8 Å². The quantitative estimate of drug-likeness (QED) is 0.889. The van der Waals surface area contributed by atoms with E-state index in [0.29, 0.717) is 6.04 Å². The Morgan fingerprint density at radius 1 is 1.32 bits per heavy atom. The number of rotatable bonds is 5. The minimum atomic E-state index is 0.580. The summed E-state index contributed by atoms with van der Waals surface area (Å²) in [5.41, 5.74) is 1.13. The van der Waals surface area contributed by atoms with Crippen LogP contribution in [-0.4, -0.2) is 27.0 Å². The van der Waals surface area contributed by atoms with Gasteiger partial charge in [-0.05, 0) is 38.4 Å². The lowest BCUT2D eigenvalue weighted by atomic mass is 9.95. The molecular weight excluding hydrogens is 254 g/mol. The molecule has 4 heteroatoms. The third kappa shape index (κ3) is 4.37. The van der Waals surface area contributed by atoms with E-state index in [1.807, 2.05) is 6.92 Å². The zero-order valence-electron chi connectivity index (χ0n) is 12.3. The summed E-state index contributed by atoms with van der Waals surface area (Å²) in [7, 11) is 0. The van der Waals surface area contributed by atoms with Crippen LogP contribution in [0, 0.1) is 6.92 Å². The monoisotopic (exact) mass is 279 g/mol. The number of nitrogens with one attached hydrogen (secondary N) is 1. The van der Waals surface area contributed by atoms with Crippen molar-refractivity contribution < 1.29 is 0 Å². The van der Waals surface area contributed by atoms with E-state index in [9.17, 15) is 0 Å². The number of nitrogens with zero attached hydrogens (tertiary/aromatic N) is 2. The molecule has 2 atom stereocenters. The highest BCUT2D eigenvalue weighted by molar-refractivity contribution is 7.99. The Balaban J connectivity index is 1.98. The molecule has 0 saturated heterocycles. The highest BCUT2D eigenvalue weighted by Crippen LogP contribution is 2.29. The van der Waals surface area contributed by atoms with Gasteiger partial charge in [-0.15, -0.1) is 0 Å². The molecule has 1 aromatic rings. The standard InChI is InChI=1S/C15H25N3S/c1-4-12-10-15(17-11(3)16-12)18-13-7-6-8-14(9-13)19-5-2/h10,13-14H,4-9H2,1-3H3,(H,16,17,18). The lowest BCUT2D eigenvalue weighted by molar-refractivity contribution is 0.472. The van der Waals surface area contributed by atoms with Gasteiger partial charge in [-0.25, -0.2) is 9.97 Å². The Bertz CT molecular complexity index is 406. The fraction of sp³-hybridized carbons (Fsp3) is 0.733. The van der Waals surface area contributed by atoms with Gasteiger partial charge in [0.05, 0.1) is 0 Å². The van der Waals surface area contributed by atoms with E-state index in [0.717, 1.165) is 29.0 Å². The average molecular weight is 279 g/mol. The molecule has 0 bridgehead atoms. The van der Waals surface area contributed by atoms with Crippen LogP contribution >= 0.6 is 11.8 Å². The number of anilines is 1. The third-order valence-electron chi connectivity index (χ3n) is 3.63. The summed E-state index contributed by atoms with van der Waals surface area (Å²) in [6, 6.07) is 2.68. The summed E-state index contributed by atoms with van der Waals surface area (Å²) in [5.74, 6) is 3.11. The van der Waals surface area contributed by atoms with E-state index in [-0.39, 0.29) is 0 Å². The van der Waals surface area contributed by atoms with E-state index < -0.39 is 0 Å². The Morgan fingerprint density at radius 2 is 2.16 bits per heavy atom. The van der Waals surface area contributed by atoms with Gasteiger partial charge in [0.1, 0.15) is 11.6 Å². The number of hydrogen-bond donors (Lipinski definition) is 1. The molecule has 1 aliphatic carbocycles. The van der Waals surface area contributed by atoms with E-state index in [2.05, 4.69) is 47.0 Å². The summed E-state index contributed by atoms with van der Waals surface area (Å²) >= 11 is 2.10. The summed E-state index contributed by atoms with van der Waals surface area (Å²) in [4.78, 5) is 8.95.